The van der Waals surface area contributed by atoms with Crippen LogP contribution in [0.25, 0.3) is 0 Å². The fourth-order valence-corrected chi connectivity index (χ4v) is 1.65. The molecule has 0 saturated carbocycles. The minimum Gasteiger partial charge on any atom is -0.238 e. The predicted molar refractivity (Wildman–Crippen MR) is 37.3 cm³/mol. The molecule has 9 heavy (non-hydrogen) atoms. The van der Waals surface area contributed by atoms with Crippen LogP contribution in [0.5, 0.6) is 0 Å². The fraction of sp³-hybridized carbons (Fsp3) is 0.750. The third-order valence-electron chi connectivity index (χ3n) is 2.29. The molecular weight excluding hydrogens is 110 g/mol. The van der Waals surface area contributed by atoms with Crippen molar-refractivity contribution >= 4 is 0 Å². The summed E-state index contributed by atoms with van der Waals surface area (Å²) >= 11 is 0. The summed E-state index contributed by atoms with van der Waals surface area (Å²) in [4.78, 5) is 0. The van der Waals surface area contributed by atoms with E-state index < -0.39 is 0 Å². The van der Waals surface area contributed by atoms with E-state index in [-0.39, 0.29) is 0 Å². The quantitative estimate of drug-likeness (QED) is 0.430. The van der Waals surface area contributed by atoms with Crippen LogP contribution >= 0.6 is 0 Å². The average molecular weight is 122 g/mol. The normalized spacial score (nSPS) is 40.9. The number of rotatable bonds is 0. The second-order valence-electron chi connectivity index (χ2n) is 3.02. The number of hydrogen-bond acceptors (Lipinski definition) is 0. The van der Waals surface area contributed by atoms with E-state index in [1.807, 2.05) is 0 Å². The molecule has 2 bridgehead atoms. The molecule has 2 atom stereocenters. The SMILES string of the molecule is C1=CC2CCC(C1)[N]C2. The van der Waals surface area contributed by atoms with Gasteiger partial charge in [0.05, 0.1) is 0 Å². The summed E-state index contributed by atoms with van der Waals surface area (Å²) in [6.45, 7) is 1.10. The van der Waals surface area contributed by atoms with Crippen molar-refractivity contribution in [3.8, 4) is 0 Å². The van der Waals surface area contributed by atoms with Gasteiger partial charge in [-0.3, -0.25) is 0 Å². The number of hydrogen-bond donors (Lipinski definition) is 0. The van der Waals surface area contributed by atoms with E-state index in [9.17, 15) is 0 Å². The van der Waals surface area contributed by atoms with Crippen LogP contribution in [0.3, 0.4) is 0 Å². The van der Waals surface area contributed by atoms with E-state index in [1.165, 1.54) is 19.3 Å². The number of nitrogens with zero attached hydrogens (tertiary/aromatic N) is 1. The maximum atomic E-state index is 4.53. The maximum absolute atomic E-state index is 4.53. The van der Waals surface area contributed by atoms with E-state index in [1.54, 1.807) is 0 Å². The number of piperidine rings is 1. The Balaban J connectivity index is 2.13. The zero-order valence-corrected chi connectivity index (χ0v) is 5.59. The van der Waals surface area contributed by atoms with Crippen molar-refractivity contribution in [2.45, 2.75) is 25.3 Å². The van der Waals surface area contributed by atoms with Crippen molar-refractivity contribution in [2.24, 2.45) is 5.92 Å². The molecule has 2 heterocycles. The molecule has 1 radical (unpaired) electrons. The highest BCUT2D eigenvalue weighted by atomic mass is 14.9. The summed E-state index contributed by atoms with van der Waals surface area (Å²) in [5.74, 6) is 0.795. The molecule has 1 nitrogen and oxygen atoms in total. The Morgan fingerprint density at radius 1 is 1.33 bits per heavy atom. The Bertz CT molecular complexity index is 121. The molecule has 1 heteroatoms. The molecular formula is C8H12N. The largest absolute Gasteiger partial charge is 0.238 e. The highest BCUT2D eigenvalue weighted by molar-refractivity contribution is 4.99. The molecule has 2 aliphatic heterocycles. The smallest absolute Gasteiger partial charge is 0.0280 e. The van der Waals surface area contributed by atoms with Gasteiger partial charge in [0, 0.05) is 12.6 Å². The topological polar surface area (TPSA) is 14.1 Å². The summed E-state index contributed by atoms with van der Waals surface area (Å²) in [6.07, 6.45) is 8.56. The zero-order valence-electron chi connectivity index (χ0n) is 5.59. The van der Waals surface area contributed by atoms with Gasteiger partial charge in [-0.15, -0.1) is 0 Å². The Hall–Kier alpha value is -0.300. The van der Waals surface area contributed by atoms with Crippen molar-refractivity contribution in [3.63, 3.8) is 0 Å². The monoisotopic (exact) mass is 122 g/mol. The van der Waals surface area contributed by atoms with Gasteiger partial charge in [-0.1, -0.05) is 12.2 Å². The van der Waals surface area contributed by atoms with Crippen LogP contribution < -0.4 is 5.32 Å². The second-order valence-corrected chi connectivity index (χ2v) is 3.02. The van der Waals surface area contributed by atoms with E-state index >= 15 is 0 Å². The minimum absolute atomic E-state index is 0.681. The van der Waals surface area contributed by atoms with Crippen LogP contribution in [0.2, 0.25) is 0 Å². The molecule has 1 aliphatic carbocycles. The van der Waals surface area contributed by atoms with Crippen LogP contribution in [0, 0.1) is 5.92 Å². The van der Waals surface area contributed by atoms with E-state index in [4.69, 9.17) is 0 Å². The van der Waals surface area contributed by atoms with Gasteiger partial charge in [0.15, 0.2) is 0 Å². The van der Waals surface area contributed by atoms with Crippen molar-refractivity contribution < 1.29 is 0 Å². The van der Waals surface area contributed by atoms with E-state index in [2.05, 4.69) is 17.5 Å². The van der Waals surface area contributed by atoms with Crippen molar-refractivity contribution in [3.05, 3.63) is 12.2 Å². The Morgan fingerprint density at radius 2 is 2.33 bits per heavy atom. The van der Waals surface area contributed by atoms with Crippen molar-refractivity contribution in [1.82, 2.24) is 5.32 Å². The molecule has 0 amide bonds. The highest BCUT2D eigenvalue weighted by Gasteiger charge is 2.21. The van der Waals surface area contributed by atoms with Gasteiger partial charge in [-0.25, -0.2) is 5.32 Å². The van der Waals surface area contributed by atoms with Crippen LogP contribution in [0.1, 0.15) is 19.3 Å². The molecule has 3 rings (SSSR count). The summed E-state index contributed by atoms with van der Waals surface area (Å²) < 4.78 is 0. The van der Waals surface area contributed by atoms with Gasteiger partial charge < -0.3 is 0 Å². The summed E-state index contributed by atoms with van der Waals surface area (Å²) in [5.41, 5.74) is 0. The first kappa shape index (κ1) is 5.48. The van der Waals surface area contributed by atoms with Crippen LogP contribution in [-0.4, -0.2) is 12.6 Å². The van der Waals surface area contributed by atoms with Crippen molar-refractivity contribution in [2.75, 3.05) is 6.54 Å². The molecule has 0 N–H and O–H groups in total. The summed E-state index contributed by atoms with van der Waals surface area (Å²) in [7, 11) is 0. The second kappa shape index (κ2) is 2.14. The van der Waals surface area contributed by atoms with Gasteiger partial charge in [0.1, 0.15) is 0 Å². The van der Waals surface area contributed by atoms with Crippen LogP contribution in [0.15, 0.2) is 12.2 Å². The Morgan fingerprint density at radius 3 is 3.11 bits per heavy atom. The first-order valence-electron chi connectivity index (χ1n) is 3.78. The summed E-state index contributed by atoms with van der Waals surface area (Å²) in [6, 6.07) is 0.681. The van der Waals surface area contributed by atoms with Gasteiger partial charge in [0.2, 0.25) is 0 Å². The van der Waals surface area contributed by atoms with Crippen LogP contribution in [-0.2, 0) is 0 Å². The van der Waals surface area contributed by atoms with Gasteiger partial charge in [0.25, 0.3) is 0 Å². The number of fused-ring (bicyclic) bond motifs is 3. The lowest BCUT2D eigenvalue weighted by molar-refractivity contribution is 0.358. The maximum Gasteiger partial charge on any atom is 0.0280 e. The minimum atomic E-state index is 0.681. The third kappa shape index (κ3) is 1.01. The molecule has 2 unspecified atom stereocenters. The molecule has 1 fully saturated rings. The molecule has 1 saturated heterocycles. The van der Waals surface area contributed by atoms with Gasteiger partial charge >= 0.3 is 0 Å². The van der Waals surface area contributed by atoms with Gasteiger partial charge in [-0.2, -0.15) is 0 Å². The molecule has 0 aromatic heterocycles. The molecule has 0 aromatic carbocycles. The fourth-order valence-electron chi connectivity index (χ4n) is 1.65. The lowest BCUT2D eigenvalue weighted by atomic mass is 9.98. The summed E-state index contributed by atoms with van der Waals surface area (Å²) in [5, 5.41) is 4.53. The van der Waals surface area contributed by atoms with Crippen molar-refractivity contribution in [1.29, 1.82) is 0 Å². The van der Waals surface area contributed by atoms with Crippen LogP contribution in [0.4, 0.5) is 0 Å². The Kier molecular flexibility index (Phi) is 1.31. The van der Waals surface area contributed by atoms with E-state index in [0.717, 1.165) is 12.5 Å². The molecule has 49 valence electrons. The molecule has 0 aromatic rings. The molecule has 0 spiro atoms. The lowest BCUT2D eigenvalue weighted by Crippen LogP contribution is -2.29. The zero-order chi connectivity index (χ0) is 6.10. The van der Waals surface area contributed by atoms with E-state index in [0.29, 0.717) is 6.04 Å². The van der Waals surface area contributed by atoms with Gasteiger partial charge in [-0.05, 0) is 25.2 Å². The average Bonchev–Trinajstić information content (AvgIpc) is 2.21. The first-order chi connectivity index (χ1) is 4.45. The highest BCUT2D eigenvalue weighted by Crippen LogP contribution is 2.22. The standard InChI is InChI=1S/C8H12N/c1-2-7-4-5-8(3-1)9-6-7/h1-2,7-8H,3-6H2. The predicted octanol–water partition coefficient (Wildman–Crippen LogP) is 1.33. The Labute approximate surface area is 56.1 Å². The molecule has 3 aliphatic rings. The lowest BCUT2D eigenvalue weighted by Gasteiger charge is -2.22. The third-order valence-corrected chi connectivity index (χ3v) is 2.29. The first-order valence-corrected chi connectivity index (χ1v) is 3.78.